The molecule has 0 unspecified atom stereocenters. The van der Waals surface area contributed by atoms with Crippen molar-refractivity contribution in [3.63, 3.8) is 0 Å². The first-order chi connectivity index (χ1) is 21.8. The lowest BCUT2D eigenvalue weighted by Gasteiger charge is -2.36. The Hall–Kier alpha value is -3.73. The van der Waals surface area contributed by atoms with Gasteiger partial charge in [0.05, 0.1) is 31.7 Å². The highest BCUT2D eigenvalue weighted by Crippen LogP contribution is 2.39. The number of unbranched alkanes of at least 4 members (excludes halogenated alkanes) is 1. The number of hydrogen-bond acceptors (Lipinski definition) is 6. The zero-order valence-corrected chi connectivity index (χ0v) is 26.1. The van der Waals surface area contributed by atoms with Crippen molar-refractivity contribution in [2.75, 3.05) is 0 Å². The fourth-order valence-electron chi connectivity index (χ4n) is 5.27. The monoisotopic (exact) mass is 651 g/mol. The van der Waals surface area contributed by atoms with Crippen molar-refractivity contribution in [1.29, 1.82) is 0 Å². The normalized spacial score (nSPS) is 18.1. The molecular weight excluding hydrogens is 617 g/mol. The van der Waals surface area contributed by atoms with Gasteiger partial charge in [0.15, 0.2) is 11.4 Å². The number of ether oxygens (including phenoxy) is 2. The minimum atomic E-state index is -0.848. The summed E-state index contributed by atoms with van der Waals surface area (Å²) in [6.45, 7) is 0.815. The predicted octanol–water partition coefficient (Wildman–Crippen LogP) is 6.86. The van der Waals surface area contributed by atoms with Crippen LogP contribution < -0.4 is 5.32 Å². The number of halogens is 2. The Kier molecular flexibility index (Phi) is 11.3. The Morgan fingerprint density at radius 2 is 1.64 bits per heavy atom. The molecule has 0 bridgehead atoms. The number of benzene rings is 3. The zero-order valence-electron chi connectivity index (χ0n) is 24.6. The lowest BCUT2D eigenvalue weighted by molar-refractivity contribution is -0.252. The average Bonchev–Trinajstić information content (AvgIpc) is 3.38. The van der Waals surface area contributed by atoms with Crippen LogP contribution in [0.2, 0.25) is 10.3 Å². The predicted molar refractivity (Wildman–Crippen MR) is 170 cm³/mol. The maximum atomic E-state index is 12.2. The molecule has 0 saturated carbocycles. The van der Waals surface area contributed by atoms with Gasteiger partial charge in [0.1, 0.15) is 5.15 Å². The summed E-state index contributed by atoms with van der Waals surface area (Å²) < 4.78 is 14.6. The number of imidazole rings is 1. The summed E-state index contributed by atoms with van der Waals surface area (Å²) in [6, 6.07) is 23.7. The Bertz CT molecular complexity index is 1590. The molecule has 236 valence electrons. The van der Waals surface area contributed by atoms with Gasteiger partial charge in [-0.15, -0.1) is 0 Å². The van der Waals surface area contributed by atoms with E-state index in [1.165, 1.54) is 0 Å². The number of carboxylic acid groups (broad SMARTS) is 1. The first kappa shape index (κ1) is 32.7. The van der Waals surface area contributed by atoms with Crippen LogP contribution in [0.15, 0.2) is 79.1 Å². The lowest BCUT2D eigenvalue weighted by Crippen LogP contribution is -2.32. The minimum Gasteiger partial charge on any atom is -0.481 e. The average molecular weight is 653 g/mol. The minimum absolute atomic E-state index is 0.0277. The third kappa shape index (κ3) is 8.93. The van der Waals surface area contributed by atoms with Gasteiger partial charge in [-0.1, -0.05) is 89.9 Å². The molecule has 9 nitrogen and oxygen atoms in total. The number of aliphatic carboxylic acids is 1. The molecule has 3 aromatic carbocycles. The molecule has 1 aromatic heterocycles. The van der Waals surface area contributed by atoms with E-state index in [1.807, 2.05) is 72.8 Å². The fourth-order valence-corrected chi connectivity index (χ4v) is 5.58. The number of aliphatic hydroxyl groups is 1. The first-order valence-corrected chi connectivity index (χ1v) is 15.6. The van der Waals surface area contributed by atoms with Crippen LogP contribution in [0, 0.1) is 0 Å². The molecule has 2 heterocycles. The van der Waals surface area contributed by atoms with Crippen molar-refractivity contribution < 1.29 is 29.3 Å². The van der Waals surface area contributed by atoms with Crippen LogP contribution >= 0.6 is 23.2 Å². The van der Waals surface area contributed by atoms with Gasteiger partial charge in [-0.3, -0.25) is 9.59 Å². The van der Waals surface area contributed by atoms with Crippen LogP contribution in [0.25, 0.3) is 11.1 Å². The number of carboxylic acids is 1. The summed E-state index contributed by atoms with van der Waals surface area (Å²) in [5, 5.41) is 21.7. The van der Waals surface area contributed by atoms with Crippen molar-refractivity contribution in [3.05, 3.63) is 112 Å². The summed E-state index contributed by atoms with van der Waals surface area (Å²) in [4.78, 5) is 26.9. The van der Waals surface area contributed by atoms with Crippen molar-refractivity contribution in [3.8, 4) is 11.1 Å². The molecule has 0 spiro atoms. The highest BCUT2D eigenvalue weighted by atomic mass is 35.5. The van der Waals surface area contributed by atoms with Crippen LogP contribution in [-0.2, 0) is 38.8 Å². The number of hydrogen-bond donors (Lipinski definition) is 3. The Balaban J connectivity index is 1.26. The quantitative estimate of drug-likeness (QED) is 0.135. The Morgan fingerprint density at radius 3 is 2.33 bits per heavy atom. The highest BCUT2D eigenvalue weighted by Gasteiger charge is 2.33. The Labute approximate surface area is 271 Å². The summed E-state index contributed by atoms with van der Waals surface area (Å²) in [6.07, 6.45) is 2.48. The maximum Gasteiger partial charge on any atom is 0.303 e. The van der Waals surface area contributed by atoms with E-state index in [1.54, 1.807) is 10.9 Å². The second-order valence-corrected chi connectivity index (χ2v) is 11.7. The van der Waals surface area contributed by atoms with Gasteiger partial charge < -0.3 is 29.6 Å². The molecule has 1 amide bonds. The van der Waals surface area contributed by atoms with Crippen LogP contribution in [0.4, 0.5) is 0 Å². The van der Waals surface area contributed by atoms with E-state index in [0.717, 1.165) is 33.4 Å². The van der Waals surface area contributed by atoms with Gasteiger partial charge in [-0.05, 0) is 46.7 Å². The second kappa shape index (κ2) is 15.5. The van der Waals surface area contributed by atoms with Crippen molar-refractivity contribution in [2.45, 2.75) is 70.3 Å². The van der Waals surface area contributed by atoms with Crippen LogP contribution in [0.3, 0.4) is 0 Å². The van der Waals surface area contributed by atoms with E-state index in [-0.39, 0.29) is 36.3 Å². The van der Waals surface area contributed by atoms with Crippen LogP contribution in [0.5, 0.6) is 0 Å². The van der Waals surface area contributed by atoms with E-state index in [4.69, 9.17) is 37.8 Å². The molecular formula is C34H35Cl2N3O6. The molecule has 4 aromatic rings. The summed E-state index contributed by atoms with van der Waals surface area (Å²) >= 11 is 12.4. The number of nitrogens with zero attached hydrogens (tertiary/aromatic N) is 2. The third-order valence-electron chi connectivity index (χ3n) is 7.73. The van der Waals surface area contributed by atoms with Crippen LogP contribution in [-0.4, -0.2) is 37.7 Å². The van der Waals surface area contributed by atoms with Crippen molar-refractivity contribution >= 4 is 35.1 Å². The molecule has 5 rings (SSSR count). The van der Waals surface area contributed by atoms with Gasteiger partial charge in [0.2, 0.25) is 5.91 Å². The van der Waals surface area contributed by atoms with E-state index < -0.39 is 12.3 Å². The highest BCUT2D eigenvalue weighted by molar-refractivity contribution is 6.40. The number of aromatic nitrogens is 2. The molecule has 0 radical (unpaired) electrons. The molecule has 45 heavy (non-hydrogen) atoms. The SMILES string of the molecule is O=C(O)CCCCC(=O)NCc1cccc(-c2ccc([C@H]3O[C@@H](Cn4cnc(Cl)c4Cl)C[C@@H](c4ccc(CO)cc4)O3)cc2)c1. The maximum absolute atomic E-state index is 12.2. The van der Waals surface area contributed by atoms with Crippen molar-refractivity contribution in [1.82, 2.24) is 14.9 Å². The van der Waals surface area contributed by atoms with Gasteiger partial charge in [-0.25, -0.2) is 4.98 Å². The van der Waals surface area contributed by atoms with E-state index >= 15 is 0 Å². The number of rotatable bonds is 13. The molecule has 3 N–H and O–H groups in total. The number of carbonyl (C=O) groups excluding carboxylic acids is 1. The van der Waals surface area contributed by atoms with Gasteiger partial charge in [0.25, 0.3) is 0 Å². The topological polar surface area (TPSA) is 123 Å². The van der Waals surface area contributed by atoms with Crippen molar-refractivity contribution in [2.24, 2.45) is 0 Å². The second-order valence-electron chi connectivity index (χ2n) is 11.0. The van der Waals surface area contributed by atoms with Gasteiger partial charge in [-0.2, -0.15) is 0 Å². The first-order valence-electron chi connectivity index (χ1n) is 14.8. The zero-order chi connectivity index (χ0) is 31.8. The third-order valence-corrected chi connectivity index (χ3v) is 8.49. The summed E-state index contributed by atoms with van der Waals surface area (Å²) in [7, 11) is 0. The largest absolute Gasteiger partial charge is 0.481 e. The molecule has 1 fully saturated rings. The number of aliphatic hydroxyl groups excluding tert-OH is 1. The summed E-state index contributed by atoms with van der Waals surface area (Å²) in [5.41, 5.74) is 5.65. The molecule has 1 aliphatic heterocycles. The Morgan fingerprint density at radius 1 is 0.911 bits per heavy atom. The number of amides is 1. The standard InChI is InChI=1S/C34H35Cl2N3O6/c35-32-33(36)39(21-38-32)19-28-17-29(25-10-8-22(20-40)9-11-25)45-34(44-28)26-14-12-24(13-15-26)27-5-3-4-23(16-27)18-37-30(41)6-1-2-7-31(42)43/h3-5,8-16,21,28-29,34,40H,1-2,6-7,17-20H2,(H,37,41)(H,42,43)/t28-,29+,34+/m1/s1. The molecule has 3 atom stereocenters. The van der Waals surface area contributed by atoms with Gasteiger partial charge >= 0.3 is 5.97 Å². The fraction of sp³-hybridized carbons (Fsp3) is 0.324. The number of carbonyl (C=O) groups is 2. The lowest BCUT2D eigenvalue weighted by atomic mass is 9.99. The van der Waals surface area contributed by atoms with Crippen LogP contribution in [0.1, 0.15) is 66.8 Å². The van der Waals surface area contributed by atoms with E-state index in [9.17, 15) is 14.7 Å². The molecule has 1 saturated heterocycles. The number of nitrogens with one attached hydrogen (secondary N) is 1. The molecule has 11 heteroatoms. The smallest absolute Gasteiger partial charge is 0.303 e. The van der Waals surface area contributed by atoms with E-state index in [2.05, 4.69) is 10.3 Å². The van der Waals surface area contributed by atoms with Gasteiger partial charge in [0, 0.05) is 31.4 Å². The van der Waals surface area contributed by atoms with E-state index in [0.29, 0.717) is 43.9 Å². The molecule has 1 aliphatic rings. The molecule has 0 aliphatic carbocycles. The summed E-state index contributed by atoms with van der Waals surface area (Å²) in [5.74, 6) is -0.943.